The maximum absolute atomic E-state index is 5.84. The fraction of sp³-hybridized carbons (Fsp3) is 0.600. The van der Waals surface area contributed by atoms with E-state index in [1.165, 1.54) is 6.42 Å². The average Bonchev–Trinajstić information content (AvgIpc) is 2.67. The highest BCUT2D eigenvalue weighted by atomic mass is 35.5. The van der Waals surface area contributed by atoms with Crippen molar-refractivity contribution in [2.45, 2.75) is 13.3 Å². The first kappa shape index (κ1) is 9.71. The van der Waals surface area contributed by atoms with Crippen molar-refractivity contribution in [1.82, 2.24) is 9.97 Å². The van der Waals surface area contributed by atoms with E-state index >= 15 is 0 Å². The van der Waals surface area contributed by atoms with Gasteiger partial charge in [-0.05, 0) is 19.3 Å². The van der Waals surface area contributed by atoms with Crippen molar-refractivity contribution in [3.63, 3.8) is 0 Å². The predicted molar refractivity (Wildman–Crippen MR) is 57.8 cm³/mol. The Bertz CT molecular complexity index is 316. The zero-order valence-electron chi connectivity index (χ0n) is 8.28. The lowest BCUT2D eigenvalue weighted by molar-refractivity contribution is 0.666. The van der Waals surface area contributed by atoms with Gasteiger partial charge in [-0.15, -0.1) is 11.6 Å². The Kier molecular flexibility index (Phi) is 2.87. The number of halogens is 1. The number of hydrogen-bond acceptors (Lipinski definition) is 3. The van der Waals surface area contributed by atoms with Gasteiger partial charge in [0.2, 0.25) is 0 Å². The molecule has 1 aromatic heterocycles. The number of rotatable bonds is 2. The number of hydrogen-bond donors (Lipinski definition) is 0. The van der Waals surface area contributed by atoms with Crippen LogP contribution in [0.2, 0.25) is 0 Å². The standard InChI is InChI=1S/C10H14ClN3/c1-8-10(13-4-3-12-8)14-5-2-9(6-11)7-14/h3-4,9H,2,5-7H2,1H3. The molecule has 0 saturated carbocycles. The third-order valence-electron chi connectivity index (χ3n) is 2.66. The Morgan fingerprint density at radius 3 is 2.93 bits per heavy atom. The summed E-state index contributed by atoms with van der Waals surface area (Å²) in [5.74, 6) is 2.37. The van der Waals surface area contributed by atoms with E-state index in [-0.39, 0.29) is 0 Å². The van der Waals surface area contributed by atoms with Crippen molar-refractivity contribution in [3.8, 4) is 0 Å². The van der Waals surface area contributed by atoms with Gasteiger partial charge in [-0.2, -0.15) is 0 Å². The van der Waals surface area contributed by atoms with Gasteiger partial charge in [-0.3, -0.25) is 4.98 Å². The van der Waals surface area contributed by atoms with Crippen LogP contribution in [0.4, 0.5) is 5.82 Å². The molecule has 0 N–H and O–H groups in total. The average molecular weight is 212 g/mol. The van der Waals surface area contributed by atoms with Crippen molar-refractivity contribution in [1.29, 1.82) is 0 Å². The molecule has 1 atom stereocenters. The third kappa shape index (κ3) is 1.82. The molecule has 0 spiro atoms. The first-order valence-electron chi connectivity index (χ1n) is 4.90. The molecule has 76 valence electrons. The predicted octanol–water partition coefficient (Wildman–Crippen LogP) is 1.85. The van der Waals surface area contributed by atoms with E-state index in [0.717, 1.165) is 30.5 Å². The van der Waals surface area contributed by atoms with Gasteiger partial charge < -0.3 is 4.90 Å². The van der Waals surface area contributed by atoms with Gasteiger partial charge in [0.15, 0.2) is 0 Å². The van der Waals surface area contributed by atoms with Crippen LogP contribution in [0.5, 0.6) is 0 Å². The SMILES string of the molecule is Cc1nccnc1N1CCC(CCl)C1. The van der Waals surface area contributed by atoms with Crippen LogP contribution < -0.4 is 4.90 Å². The van der Waals surface area contributed by atoms with Crippen LogP contribution in [-0.4, -0.2) is 28.9 Å². The van der Waals surface area contributed by atoms with E-state index < -0.39 is 0 Å². The molecule has 1 saturated heterocycles. The van der Waals surface area contributed by atoms with Crippen LogP contribution in [0.15, 0.2) is 12.4 Å². The van der Waals surface area contributed by atoms with Crippen LogP contribution in [0.25, 0.3) is 0 Å². The maximum atomic E-state index is 5.84. The largest absolute Gasteiger partial charge is 0.355 e. The first-order chi connectivity index (χ1) is 6.81. The minimum absolute atomic E-state index is 0.609. The van der Waals surface area contributed by atoms with Gasteiger partial charge in [-0.25, -0.2) is 4.98 Å². The number of alkyl halides is 1. The van der Waals surface area contributed by atoms with E-state index in [9.17, 15) is 0 Å². The summed E-state index contributed by atoms with van der Waals surface area (Å²) < 4.78 is 0. The Labute approximate surface area is 89.1 Å². The van der Waals surface area contributed by atoms with Gasteiger partial charge in [0.05, 0.1) is 5.69 Å². The molecule has 4 heteroatoms. The van der Waals surface area contributed by atoms with Crippen LogP contribution >= 0.6 is 11.6 Å². The summed E-state index contributed by atoms with van der Waals surface area (Å²) in [6.45, 7) is 4.07. The molecule has 1 fully saturated rings. The molecule has 3 nitrogen and oxygen atoms in total. The van der Waals surface area contributed by atoms with E-state index in [0.29, 0.717) is 5.92 Å². The second-order valence-corrected chi connectivity index (χ2v) is 4.03. The molecule has 0 bridgehead atoms. The molecule has 14 heavy (non-hydrogen) atoms. The molecule has 1 aliphatic heterocycles. The second kappa shape index (κ2) is 4.13. The monoisotopic (exact) mass is 211 g/mol. The minimum Gasteiger partial charge on any atom is -0.355 e. The minimum atomic E-state index is 0.609. The topological polar surface area (TPSA) is 29.0 Å². The van der Waals surface area contributed by atoms with E-state index in [1.54, 1.807) is 12.4 Å². The lowest BCUT2D eigenvalue weighted by atomic mass is 10.2. The Balaban J connectivity index is 2.13. The van der Waals surface area contributed by atoms with Crippen molar-refractivity contribution in [3.05, 3.63) is 18.1 Å². The molecule has 0 radical (unpaired) electrons. The number of aromatic nitrogens is 2. The van der Waals surface area contributed by atoms with Gasteiger partial charge in [-0.1, -0.05) is 0 Å². The fourth-order valence-electron chi connectivity index (χ4n) is 1.86. The van der Waals surface area contributed by atoms with E-state index in [1.807, 2.05) is 6.92 Å². The summed E-state index contributed by atoms with van der Waals surface area (Å²) in [5.41, 5.74) is 1.00. The Morgan fingerprint density at radius 2 is 2.29 bits per heavy atom. The van der Waals surface area contributed by atoms with Gasteiger partial charge >= 0.3 is 0 Å². The zero-order chi connectivity index (χ0) is 9.97. The van der Waals surface area contributed by atoms with Crippen LogP contribution in [-0.2, 0) is 0 Å². The Hall–Kier alpha value is -0.830. The quantitative estimate of drug-likeness (QED) is 0.700. The smallest absolute Gasteiger partial charge is 0.150 e. The molecule has 2 rings (SSSR count). The van der Waals surface area contributed by atoms with Gasteiger partial charge in [0.1, 0.15) is 5.82 Å². The summed E-state index contributed by atoms with van der Waals surface area (Å²) in [7, 11) is 0. The van der Waals surface area contributed by atoms with Crippen LogP contribution in [0, 0.1) is 12.8 Å². The lowest BCUT2D eigenvalue weighted by Gasteiger charge is -2.18. The fourth-order valence-corrected chi connectivity index (χ4v) is 2.11. The second-order valence-electron chi connectivity index (χ2n) is 3.72. The van der Waals surface area contributed by atoms with Crippen molar-refractivity contribution < 1.29 is 0 Å². The maximum Gasteiger partial charge on any atom is 0.150 e. The number of nitrogens with zero attached hydrogens (tertiary/aromatic N) is 3. The molecule has 1 aliphatic rings. The molecule has 0 aromatic carbocycles. The highest BCUT2D eigenvalue weighted by molar-refractivity contribution is 6.18. The first-order valence-corrected chi connectivity index (χ1v) is 5.43. The highest BCUT2D eigenvalue weighted by Crippen LogP contribution is 2.23. The van der Waals surface area contributed by atoms with Crippen molar-refractivity contribution >= 4 is 17.4 Å². The number of anilines is 1. The molecule has 2 heterocycles. The van der Waals surface area contributed by atoms with Crippen LogP contribution in [0.3, 0.4) is 0 Å². The summed E-state index contributed by atoms with van der Waals surface area (Å²) in [6.07, 6.45) is 4.64. The summed E-state index contributed by atoms with van der Waals surface area (Å²) in [4.78, 5) is 10.9. The van der Waals surface area contributed by atoms with E-state index in [4.69, 9.17) is 11.6 Å². The van der Waals surface area contributed by atoms with E-state index in [2.05, 4.69) is 14.9 Å². The normalized spacial score (nSPS) is 21.6. The van der Waals surface area contributed by atoms with Crippen molar-refractivity contribution in [2.24, 2.45) is 5.92 Å². The third-order valence-corrected chi connectivity index (χ3v) is 3.10. The molecule has 0 amide bonds. The molecule has 1 unspecified atom stereocenters. The molecule has 1 aromatic rings. The highest BCUT2D eigenvalue weighted by Gasteiger charge is 2.23. The Morgan fingerprint density at radius 1 is 1.50 bits per heavy atom. The van der Waals surface area contributed by atoms with Crippen LogP contribution in [0.1, 0.15) is 12.1 Å². The number of aryl methyl sites for hydroxylation is 1. The van der Waals surface area contributed by atoms with Crippen molar-refractivity contribution in [2.75, 3.05) is 23.9 Å². The molecular weight excluding hydrogens is 198 g/mol. The summed E-state index contributed by atoms with van der Waals surface area (Å²) in [6, 6.07) is 0. The lowest BCUT2D eigenvalue weighted by Crippen LogP contribution is -2.22. The molecule has 0 aliphatic carbocycles. The summed E-state index contributed by atoms with van der Waals surface area (Å²) >= 11 is 5.84. The zero-order valence-corrected chi connectivity index (χ0v) is 9.04. The van der Waals surface area contributed by atoms with Gasteiger partial charge in [0, 0.05) is 31.4 Å². The summed E-state index contributed by atoms with van der Waals surface area (Å²) in [5, 5.41) is 0. The molecular formula is C10H14ClN3. The van der Waals surface area contributed by atoms with Gasteiger partial charge in [0.25, 0.3) is 0 Å².